The normalized spacial score (nSPS) is 18.0. The minimum atomic E-state index is -0.936. The Morgan fingerprint density at radius 2 is 2.12 bits per heavy atom. The summed E-state index contributed by atoms with van der Waals surface area (Å²) >= 11 is 5.58. The fourth-order valence-electron chi connectivity index (χ4n) is 0.317. The van der Waals surface area contributed by atoms with Crippen molar-refractivity contribution in [1.82, 2.24) is 0 Å². The van der Waals surface area contributed by atoms with Crippen molar-refractivity contribution >= 4 is 11.6 Å². The topological polar surface area (TPSA) is 18.5 Å². The van der Waals surface area contributed by atoms with Gasteiger partial charge in [0.2, 0.25) is 5.25 Å². The van der Waals surface area contributed by atoms with Crippen LogP contribution < -0.4 is 0 Å². The molecule has 1 unspecified atom stereocenters. The van der Waals surface area contributed by atoms with Gasteiger partial charge in [0.05, 0.1) is 0 Å². The van der Waals surface area contributed by atoms with Crippen LogP contribution in [0.3, 0.4) is 0 Å². The van der Waals surface area contributed by atoms with Crippen LogP contribution in [0.15, 0.2) is 0 Å². The van der Waals surface area contributed by atoms with E-state index in [2.05, 4.69) is 0 Å². The van der Waals surface area contributed by atoms with E-state index in [1.165, 1.54) is 7.11 Å². The van der Waals surface area contributed by atoms with Crippen molar-refractivity contribution in [3.05, 3.63) is 0 Å². The van der Waals surface area contributed by atoms with E-state index in [-0.39, 0.29) is 0 Å². The molecule has 0 aliphatic heterocycles. The molecule has 0 bridgehead atoms. The second kappa shape index (κ2) is 3.28. The van der Waals surface area contributed by atoms with Crippen LogP contribution in [0.2, 0.25) is 0 Å². The van der Waals surface area contributed by atoms with Gasteiger partial charge in [-0.25, -0.2) is 0 Å². The van der Waals surface area contributed by atoms with E-state index in [1.807, 2.05) is 6.92 Å². The zero-order valence-corrected chi connectivity index (χ0v) is 6.16. The molecule has 3 heteroatoms. The predicted molar refractivity (Wildman–Crippen MR) is 32.9 cm³/mol. The van der Waals surface area contributed by atoms with Gasteiger partial charge >= 0.3 is 0 Å². The molecule has 0 rings (SSSR count). The lowest BCUT2D eigenvalue weighted by Crippen LogP contribution is -2.22. The molecule has 0 heterocycles. The number of hydrogen-bond donors (Lipinski definition) is 0. The van der Waals surface area contributed by atoms with Crippen molar-refractivity contribution in [1.29, 1.82) is 0 Å². The highest BCUT2D eigenvalue weighted by Gasteiger charge is 2.17. The Labute approximate surface area is 54.7 Å². The highest BCUT2D eigenvalue weighted by atomic mass is 35.5. The maximum absolute atomic E-state index is 5.58. The van der Waals surface area contributed by atoms with Gasteiger partial charge in [-0.3, -0.25) is 0 Å². The van der Waals surface area contributed by atoms with Crippen molar-refractivity contribution in [3.63, 3.8) is 0 Å². The van der Waals surface area contributed by atoms with Crippen molar-refractivity contribution < 1.29 is 9.47 Å². The summed E-state index contributed by atoms with van der Waals surface area (Å²) in [5.74, 6) is 0. The molecule has 0 radical (unpaired) electrons. The highest BCUT2D eigenvalue weighted by Crippen LogP contribution is 2.15. The third-order valence-corrected chi connectivity index (χ3v) is 1.03. The number of methoxy groups -OCH3 is 1. The van der Waals surface area contributed by atoms with Crippen LogP contribution >= 0.6 is 11.6 Å². The average molecular weight is 139 g/mol. The van der Waals surface area contributed by atoms with Crippen LogP contribution in [0.4, 0.5) is 0 Å². The van der Waals surface area contributed by atoms with Crippen LogP contribution in [0, 0.1) is 0 Å². The molecule has 0 spiro atoms. The van der Waals surface area contributed by atoms with Crippen LogP contribution in [-0.4, -0.2) is 19.0 Å². The molecule has 0 saturated carbocycles. The quantitative estimate of drug-likeness (QED) is 0.436. The molecule has 2 nitrogen and oxygen atoms in total. The molecular weight excluding hydrogens is 128 g/mol. The van der Waals surface area contributed by atoms with Gasteiger partial charge in [-0.2, -0.15) is 0 Å². The van der Waals surface area contributed by atoms with Crippen molar-refractivity contribution in [3.8, 4) is 0 Å². The molecule has 0 amide bonds. The van der Waals surface area contributed by atoms with E-state index >= 15 is 0 Å². The predicted octanol–water partition coefficient (Wildman–Crippen LogP) is 1.58. The third kappa shape index (κ3) is 3.24. The second-order valence-electron chi connectivity index (χ2n) is 1.47. The van der Waals surface area contributed by atoms with Crippen LogP contribution in [0.25, 0.3) is 0 Å². The second-order valence-corrected chi connectivity index (χ2v) is 2.16. The SMILES string of the molecule is CCOC(C)(Cl)OC. The molecular formula is C5H11ClO2. The summed E-state index contributed by atoms with van der Waals surface area (Å²) in [5.41, 5.74) is 0. The fraction of sp³-hybridized carbons (Fsp3) is 1.00. The Bertz CT molecular complexity index is 63.4. The molecule has 0 N–H and O–H groups in total. The Morgan fingerprint density at radius 1 is 1.62 bits per heavy atom. The first kappa shape index (κ1) is 8.21. The van der Waals surface area contributed by atoms with Crippen LogP contribution in [-0.2, 0) is 9.47 Å². The van der Waals surface area contributed by atoms with E-state index in [9.17, 15) is 0 Å². The van der Waals surface area contributed by atoms with Gasteiger partial charge in [0.15, 0.2) is 0 Å². The summed E-state index contributed by atoms with van der Waals surface area (Å²) in [6.45, 7) is 4.07. The average Bonchev–Trinajstić information content (AvgIpc) is 1.67. The van der Waals surface area contributed by atoms with Crippen LogP contribution in [0.1, 0.15) is 13.8 Å². The van der Waals surface area contributed by atoms with Gasteiger partial charge in [0, 0.05) is 20.6 Å². The number of alkyl halides is 1. The van der Waals surface area contributed by atoms with Gasteiger partial charge in [-0.05, 0) is 6.92 Å². The van der Waals surface area contributed by atoms with Crippen molar-refractivity contribution in [2.75, 3.05) is 13.7 Å². The molecule has 0 fully saturated rings. The number of ether oxygens (including phenoxy) is 2. The molecule has 0 aliphatic rings. The van der Waals surface area contributed by atoms with Crippen molar-refractivity contribution in [2.45, 2.75) is 19.1 Å². The maximum atomic E-state index is 5.58. The smallest absolute Gasteiger partial charge is 0.245 e. The van der Waals surface area contributed by atoms with E-state index in [0.29, 0.717) is 6.61 Å². The van der Waals surface area contributed by atoms with E-state index in [0.717, 1.165) is 0 Å². The first-order valence-corrected chi connectivity index (χ1v) is 2.88. The molecule has 50 valence electrons. The molecule has 0 aromatic rings. The van der Waals surface area contributed by atoms with Gasteiger partial charge in [0.1, 0.15) is 0 Å². The lowest BCUT2D eigenvalue weighted by molar-refractivity contribution is -0.143. The van der Waals surface area contributed by atoms with Gasteiger partial charge in [-0.1, -0.05) is 11.6 Å². The Kier molecular flexibility index (Phi) is 3.36. The Hall–Kier alpha value is 0.210. The summed E-state index contributed by atoms with van der Waals surface area (Å²) in [7, 11) is 1.50. The number of hydrogen-bond acceptors (Lipinski definition) is 2. The minimum Gasteiger partial charge on any atom is -0.341 e. The lowest BCUT2D eigenvalue weighted by atomic mass is 10.7. The Morgan fingerprint density at radius 3 is 2.25 bits per heavy atom. The Balaban J connectivity index is 3.37. The summed E-state index contributed by atoms with van der Waals surface area (Å²) in [5, 5.41) is -0.936. The summed E-state index contributed by atoms with van der Waals surface area (Å²) in [6, 6.07) is 0. The minimum absolute atomic E-state index is 0.563. The monoisotopic (exact) mass is 138 g/mol. The molecule has 1 atom stereocenters. The van der Waals surface area contributed by atoms with E-state index in [4.69, 9.17) is 21.1 Å². The summed E-state index contributed by atoms with van der Waals surface area (Å²) in [6.07, 6.45) is 0. The van der Waals surface area contributed by atoms with Crippen molar-refractivity contribution in [2.24, 2.45) is 0 Å². The largest absolute Gasteiger partial charge is 0.341 e. The molecule has 0 aromatic carbocycles. The standard InChI is InChI=1S/C5H11ClO2/c1-4-8-5(2,6)7-3/h4H2,1-3H3. The van der Waals surface area contributed by atoms with Gasteiger partial charge in [0.25, 0.3) is 0 Å². The zero-order chi connectivity index (χ0) is 6.62. The lowest BCUT2D eigenvalue weighted by Gasteiger charge is -2.18. The first-order chi connectivity index (χ1) is 3.62. The first-order valence-electron chi connectivity index (χ1n) is 2.50. The maximum Gasteiger partial charge on any atom is 0.245 e. The van der Waals surface area contributed by atoms with E-state index < -0.39 is 5.25 Å². The third-order valence-electron chi connectivity index (χ3n) is 0.767. The number of rotatable bonds is 3. The van der Waals surface area contributed by atoms with E-state index in [1.54, 1.807) is 6.92 Å². The van der Waals surface area contributed by atoms with Gasteiger partial charge in [-0.15, -0.1) is 0 Å². The molecule has 8 heavy (non-hydrogen) atoms. The van der Waals surface area contributed by atoms with Crippen LogP contribution in [0.5, 0.6) is 0 Å². The molecule has 0 saturated heterocycles. The number of halogens is 1. The fourth-order valence-corrected chi connectivity index (χ4v) is 0.426. The zero-order valence-electron chi connectivity index (χ0n) is 5.40. The molecule has 0 aromatic heterocycles. The van der Waals surface area contributed by atoms with Gasteiger partial charge < -0.3 is 9.47 Å². The molecule has 0 aliphatic carbocycles. The highest BCUT2D eigenvalue weighted by molar-refractivity contribution is 6.21. The summed E-state index contributed by atoms with van der Waals surface area (Å²) in [4.78, 5) is 0. The summed E-state index contributed by atoms with van der Waals surface area (Å²) < 4.78 is 9.64.